The molecule has 3 rings (SSSR count). The normalized spacial score (nSPS) is 18.3. The van der Waals surface area contributed by atoms with Crippen LogP contribution >= 0.6 is 0 Å². The van der Waals surface area contributed by atoms with Gasteiger partial charge < -0.3 is 9.64 Å². The molecule has 6 nitrogen and oxygen atoms in total. The lowest BCUT2D eigenvalue weighted by Crippen LogP contribution is -2.45. The standard InChI is InChI=1S/C21H25NO5S/c1-15(2)12-22(19-9-10-28(25,26)14-19)20(23)13-27-21(24)18-8-7-16-5-3-4-6-17(16)11-18/h3-8,11,15,19H,9-10,12-14H2,1-2H3. The van der Waals surface area contributed by atoms with Gasteiger partial charge in [-0.25, -0.2) is 13.2 Å². The summed E-state index contributed by atoms with van der Waals surface area (Å²) in [6, 6.07) is 12.6. The van der Waals surface area contributed by atoms with Gasteiger partial charge in [-0.1, -0.05) is 44.2 Å². The molecule has 1 unspecified atom stereocenters. The fourth-order valence-electron chi connectivity index (χ4n) is 3.48. The molecule has 28 heavy (non-hydrogen) atoms. The summed E-state index contributed by atoms with van der Waals surface area (Å²) < 4.78 is 28.8. The van der Waals surface area contributed by atoms with Gasteiger partial charge >= 0.3 is 5.97 Å². The van der Waals surface area contributed by atoms with E-state index in [0.29, 0.717) is 18.5 Å². The molecule has 0 saturated carbocycles. The van der Waals surface area contributed by atoms with E-state index in [1.165, 1.54) is 0 Å². The third-order valence-corrected chi connectivity index (χ3v) is 6.59. The lowest BCUT2D eigenvalue weighted by Gasteiger charge is -2.29. The molecule has 2 aromatic rings. The van der Waals surface area contributed by atoms with Crippen molar-refractivity contribution in [2.75, 3.05) is 24.7 Å². The number of carbonyl (C=O) groups excluding carboxylic acids is 2. The maximum atomic E-state index is 12.7. The zero-order valence-corrected chi connectivity index (χ0v) is 16.9. The van der Waals surface area contributed by atoms with E-state index in [1.807, 2.05) is 44.2 Å². The number of benzene rings is 2. The van der Waals surface area contributed by atoms with Gasteiger partial charge in [-0.05, 0) is 35.2 Å². The van der Waals surface area contributed by atoms with E-state index in [9.17, 15) is 18.0 Å². The average Bonchev–Trinajstić information content (AvgIpc) is 3.02. The predicted molar refractivity (Wildman–Crippen MR) is 108 cm³/mol. The quantitative estimate of drug-likeness (QED) is 0.693. The summed E-state index contributed by atoms with van der Waals surface area (Å²) in [4.78, 5) is 26.6. The number of carbonyl (C=O) groups is 2. The van der Waals surface area contributed by atoms with Gasteiger partial charge in [-0.15, -0.1) is 0 Å². The largest absolute Gasteiger partial charge is 0.452 e. The third-order valence-electron chi connectivity index (χ3n) is 4.84. The Morgan fingerprint density at radius 1 is 1.14 bits per heavy atom. The van der Waals surface area contributed by atoms with Crippen LogP contribution < -0.4 is 0 Å². The second-order valence-corrected chi connectivity index (χ2v) is 9.86. The van der Waals surface area contributed by atoms with Crippen LogP contribution in [-0.2, 0) is 19.4 Å². The lowest BCUT2D eigenvalue weighted by atomic mass is 10.1. The van der Waals surface area contributed by atoms with Crippen LogP contribution in [0, 0.1) is 5.92 Å². The first-order valence-electron chi connectivity index (χ1n) is 9.41. The number of ether oxygens (including phenoxy) is 1. The van der Waals surface area contributed by atoms with Crippen LogP contribution in [0.15, 0.2) is 42.5 Å². The zero-order chi connectivity index (χ0) is 20.3. The molecule has 0 aromatic heterocycles. The number of nitrogens with zero attached hydrogens (tertiary/aromatic N) is 1. The molecule has 1 fully saturated rings. The van der Waals surface area contributed by atoms with Crippen molar-refractivity contribution in [3.05, 3.63) is 48.0 Å². The van der Waals surface area contributed by atoms with E-state index >= 15 is 0 Å². The minimum atomic E-state index is -3.11. The minimum Gasteiger partial charge on any atom is -0.452 e. The molecule has 0 aliphatic carbocycles. The Labute approximate surface area is 165 Å². The fraction of sp³-hybridized carbons (Fsp3) is 0.429. The van der Waals surface area contributed by atoms with Gasteiger partial charge in [-0.3, -0.25) is 4.79 Å². The highest BCUT2D eigenvalue weighted by Crippen LogP contribution is 2.20. The number of fused-ring (bicyclic) bond motifs is 1. The summed E-state index contributed by atoms with van der Waals surface area (Å²) in [7, 11) is -3.11. The molecule has 1 saturated heterocycles. The van der Waals surface area contributed by atoms with Crippen LogP contribution in [0.2, 0.25) is 0 Å². The number of rotatable bonds is 6. The number of sulfone groups is 1. The molecule has 150 valence electrons. The van der Waals surface area contributed by atoms with E-state index in [-0.39, 0.29) is 29.4 Å². The smallest absolute Gasteiger partial charge is 0.338 e. The molecule has 0 radical (unpaired) electrons. The van der Waals surface area contributed by atoms with Crippen molar-refractivity contribution < 1.29 is 22.7 Å². The van der Waals surface area contributed by atoms with Crippen LogP contribution in [-0.4, -0.2) is 55.9 Å². The van der Waals surface area contributed by atoms with Crippen molar-refractivity contribution in [3.8, 4) is 0 Å². The van der Waals surface area contributed by atoms with Crippen molar-refractivity contribution in [1.82, 2.24) is 4.90 Å². The summed E-state index contributed by atoms with van der Waals surface area (Å²) in [5.74, 6) is -0.670. The Morgan fingerprint density at radius 3 is 2.50 bits per heavy atom. The van der Waals surface area contributed by atoms with E-state index in [2.05, 4.69) is 0 Å². The Balaban J connectivity index is 1.66. The van der Waals surface area contributed by atoms with Gasteiger partial charge in [0.2, 0.25) is 0 Å². The van der Waals surface area contributed by atoms with Crippen molar-refractivity contribution in [1.29, 1.82) is 0 Å². The molecule has 0 bridgehead atoms. The summed E-state index contributed by atoms with van der Waals surface area (Å²) in [6.45, 7) is 3.97. The molecule has 1 aliphatic heterocycles. The fourth-order valence-corrected chi connectivity index (χ4v) is 5.21. The van der Waals surface area contributed by atoms with Gasteiger partial charge in [-0.2, -0.15) is 0 Å². The van der Waals surface area contributed by atoms with E-state index in [0.717, 1.165) is 10.8 Å². The molecule has 1 heterocycles. The molecule has 1 amide bonds. The van der Waals surface area contributed by atoms with Crippen molar-refractivity contribution in [3.63, 3.8) is 0 Å². The summed E-state index contributed by atoms with van der Waals surface area (Å²) in [5, 5.41) is 1.93. The molecular formula is C21H25NO5S. The highest BCUT2D eigenvalue weighted by atomic mass is 32.2. The Hall–Kier alpha value is -2.41. The van der Waals surface area contributed by atoms with Crippen molar-refractivity contribution in [2.45, 2.75) is 26.3 Å². The predicted octanol–water partition coefficient (Wildman–Crippen LogP) is 2.67. The maximum Gasteiger partial charge on any atom is 0.338 e. The molecular weight excluding hydrogens is 378 g/mol. The van der Waals surface area contributed by atoms with Gasteiger partial charge in [0.25, 0.3) is 5.91 Å². The monoisotopic (exact) mass is 403 g/mol. The number of hydrogen-bond donors (Lipinski definition) is 0. The molecule has 0 spiro atoms. The molecule has 1 atom stereocenters. The number of amides is 1. The first kappa shape index (κ1) is 20.3. The van der Waals surface area contributed by atoms with E-state index in [4.69, 9.17) is 4.74 Å². The topological polar surface area (TPSA) is 80.8 Å². The highest BCUT2D eigenvalue weighted by Gasteiger charge is 2.35. The first-order valence-corrected chi connectivity index (χ1v) is 11.2. The van der Waals surface area contributed by atoms with Gasteiger partial charge in [0, 0.05) is 12.6 Å². The lowest BCUT2D eigenvalue weighted by molar-refractivity contribution is -0.137. The molecule has 7 heteroatoms. The number of esters is 1. The van der Waals surface area contributed by atoms with Gasteiger partial charge in [0.05, 0.1) is 17.1 Å². The summed E-state index contributed by atoms with van der Waals surface area (Å²) >= 11 is 0. The summed E-state index contributed by atoms with van der Waals surface area (Å²) in [5.41, 5.74) is 0.380. The Bertz CT molecular complexity index is 983. The Kier molecular flexibility index (Phi) is 6.03. The van der Waals surface area contributed by atoms with Crippen LogP contribution in [0.3, 0.4) is 0 Å². The maximum absolute atomic E-state index is 12.7. The van der Waals surface area contributed by atoms with Gasteiger partial charge in [0.1, 0.15) is 0 Å². The SMILES string of the molecule is CC(C)CN(C(=O)COC(=O)c1ccc2ccccc2c1)C1CCS(=O)(=O)C1. The van der Waals surface area contributed by atoms with Crippen LogP contribution in [0.1, 0.15) is 30.6 Å². The third kappa shape index (κ3) is 4.90. The number of hydrogen-bond acceptors (Lipinski definition) is 5. The van der Waals surface area contributed by atoms with Gasteiger partial charge in [0.15, 0.2) is 16.4 Å². The molecule has 2 aromatic carbocycles. The van der Waals surface area contributed by atoms with Crippen LogP contribution in [0.4, 0.5) is 0 Å². The Morgan fingerprint density at radius 2 is 1.86 bits per heavy atom. The first-order chi connectivity index (χ1) is 13.2. The van der Waals surface area contributed by atoms with Crippen LogP contribution in [0.5, 0.6) is 0 Å². The van der Waals surface area contributed by atoms with E-state index in [1.54, 1.807) is 17.0 Å². The minimum absolute atomic E-state index is 0.0237. The second-order valence-electron chi connectivity index (χ2n) is 7.63. The van der Waals surface area contributed by atoms with E-state index < -0.39 is 22.4 Å². The van der Waals surface area contributed by atoms with Crippen molar-refractivity contribution >= 4 is 32.5 Å². The summed E-state index contributed by atoms with van der Waals surface area (Å²) in [6.07, 6.45) is 0.430. The molecule has 0 N–H and O–H groups in total. The highest BCUT2D eigenvalue weighted by molar-refractivity contribution is 7.91. The van der Waals surface area contributed by atoms with Crippen LogP contribution in [0.25, 0.3) is 10.8 Å². The molecule has 1 aliphatic rings. The van der Waals surface area contributed by atoms with Crippen molar-refractivity contribution in [2.24, 2.45) is 5.92 Å². The second kappa shape index (κ2) is 8.31. The average molecular weight is 404 g/mol. The zero-order valence-electron chi connectivity index (χ0n) is 16.1.